The average Bonchev–Trinajstić information content (AvgIpc) is 1.87. The van der Waals surface area contributed by atoms with E-state index in [-0.39, 0.29) is 5.50 Å². The second-order valence-corrected chi connectivity index (χ2v) is 3.28. The predicted octanol–water partition coefficient (Wildman–Crippen LogP) is -0.145. The van der Waals surface area contributed by atoms with E-state index in [1.807, 2.05) is 32.2 Å². The Hall–Kier alpha value is -0.220. The van der Waals surface area contributed by atoms with Crippen molar-refractivity contribution in [3.63, 3.8) is 0 Å². The molecule has 1 unspecified atom stereocenters. The van der Waals surface area contributed by atoms with Crippen LogP contribution in [-0.4, -0.2) is 36.6 Å². The molecule has 0 aliphatic heterocycles. The van der Waals surface area contributed by atoms with Crippen LogP contribution >= 0.6 is 11.8 Å². The van der Waals surface area contributed by atoms with Gasteiger partial charge in [-0.1, -0.05) is 11.8 Å². The lowest BCUT2D eigenvalue weighted by atomic mass is 10.6. The number of hydrogen-bond acceptors (Lipinski definition) is 2. The van der Waals surface area contributed by atoms with Gasteiger partial charge in [0.15, 0.2) is 0 Å². The smallest absolute Gasteiger partial charge is 0.227 e. The summed E-state index contributed by atoms with van der Waals surface area (Å²) in [4.78, 5) is 6.27. The van der Waals surface area contributed by atoms with Gasteiger partial charge in [0, 0.05) is 14.1 Å². The molecule has 0 aliphatic rings. The number of thioether (sulfide) groups is 1. The fourth-order valence-electron chi connectivity index (χ4n) is 0.377. The van der Waals surface area contributed by atoms with Crippen molar-refractivity contribution < 1.29 is 5.73 Å². The number of aliphatic imine (C=N–C) groups is 1. The van der Waals surface area contributed by atoms with Crippen molar-refractivity contribution in [3.05, 3.63) is 0 Å². The van der Waals surface area contributed by atoms with Gasteiger partial charge in [0.2, 0.25) is 5.50 Å². The van der Waals surface area contributed by atoms with Crippen molar-refractivity contribution in [3.8, 4) is 0 Å². The summed E-state index contributed by atoms with van der Waals surface area (Å²) >= 11 is 1.65. The van der Waals surface area contributed by atoms with Gasteiger partial charge in [-0.05, 0) is 13.2 Å². The number of quaternary nitrogens is 1. The van der Waals surface area contributed by atoms with Crippen LogP contribution in [0, 0.1) is 0 Å². The summed E-state index contributed by atoms with van der Waals surface area (Å²) in [5.74, 6) is 1.02. The van der Waals surface area contributed by atoms with E-state index in [1.165, 1.54) is 0 Å². The SMILES string of the molecule is CSC([NH3+])/N=C(\C)N(C)C. The van der Waals surface area contributed by atoms with Gasteiger partial charge in [-0.15, -0.1) is 0 Å². The molecular formula is C6H16N3S+. The van der Waals surface area contributed by atoms with Crippen LogP contribution in [0.5, 0.6) is 0 Å². The van der Waals surface area contributed by atoms with Gasteiger partial charge in [0.25, 0.3) is 0 Å². The van der Waals surface area contributed by atoms with Crippen molar-refractivity contribution >= 4 is 17.6 Å². The van der Waals surface area contributed by atoms with Crippen LogP contribution in [-0.2, 0) is 0 Å². The first-order valence-corrected chi connectivity index (χ1v) is 4.44. The molecule has 0 fully saturated rings. The van der Waals surface area contributed by atoms with Crippen LogP contribution in [0.2, 0.25) is 0 Å². The molecule has 4 heteroatoms. The molecule has 0 aromatic rings. The second kappa shape index (κ2) is 4.57. The molecule has 0 saturated carbocycles. The van der Waals surface area contributed by atoms with Crippen molar-refractivity contribution in [2.75, 3.05) is 20.4 Å². The Bertz CT molecular complexity index is 122. The number of nitrogens with zero attached hydrogens (tertiary/aromatic N) is 2. The fourth-order valence-corrected chi connectivity index (χ4v) is 0.635. The maximum Gasteiger partial charge on any atom is 0.227 e. The third-order valence-electron chi connectivity index (χ3n) is 1.25. The molecule has 10 heavy (non-hydrogen) atoms. The van der Waals surface area contributed by atoms with Gasteiger partial charge in [-0.2, -0.15) is 0 Å². The van der Waals surface area contributed by atoms with Crippen LogP contribution in [0.4, 0.5) is 0 Å². The molecule has 0 heterocycles. The van der Waals surface area contributed by atoms with Gasteiger partial charge < -0.3 is 10.6 Å². The highest BCUT2D eigenvalue weighted by Crippen LogP contribution is 1.98. The van der Waals surface area contributed by atoms with E-state index < -0.39 is 0 Å². The summed E-state index contributed by atoms with van der Waals surface area (Å²) in [7, 11) is 3.96. The fraction of sp³-hybridized carbons (Fsp3) is 0.833. The summed E-state index contributed by atoms with van der Waals surface area (Å²) in [5, 5.41) is 0. The van der Waals surface area contributed by atoms with Gasteiger partial charge in [0.1, 0.15) is 5.84 Å². The Morgan fingerprint density at radius 3 is 2.40 bits per heavy atom. The number of amidine groups is 1. The van der Waals surface area contributed by atoms with Crippen LogP contribution in [0.25, 0.3) is 0 Å². The first-order valence-electron chi connectivity index (χ1n) is 3.15. The predicted molar refractivity (Wildman–Crippen MR) is 47.0 cm³/mol. The van der Waals surface area contributed by atoms with E-state index in [1.54, 1.807) is 11.8 Å². The van der Waals surface area contributed by atoms with Crippen LogP contribution in [0.3, 0.4) is 0 Å². The lowest BCUT2D eigenvalue weighted by Crippen LogP contribution is -2.58. The highest BCUT2D eigenvalue weighted by atomic mass is 32.2. The molecule has 3 nitrogen and oxygen atoms in total. The molecule has 3 N–H and O–H groups in total. The lowest BCUT2D eigenvalue weighted by Gasteiger charge is -2.11. The Balaban J connectivity index is 3.89. The van der Waals surface area contributed by atoms with Crippen molar-refractivity contribution in [1.29, 1.82) is 0 Å². The first kappa shape index (κ1) is 9.78. The zero-order valence-corrected chi connectivity index (χ0v) is 7.90. The Morgan fingerprint density at radius 1 is 1.60 bits per heavy atom. The van der Waals surface area contributed by atoms with Gasteiger partial charge in [0.05, 0.1) is 0 Å². The second-order valence-electron chi connectivity index (χ2n) is 2.26. The maximum absolute atomic E-state index is 4.29. The Labute approximate surface area is 66.7 Å². The largest absolute Gasteiger partial charge is 0.366 e. The summed E-state index contributed by atoms with van der Waals surface area (Å²) < 4.78 is 0. The molecule has 0 amide bonds. The zero-order valence-electron chi connectivity index (χ0n) is 7.09. The molecule has 0 saturated heterocycles. The summed E-state index contributed by atoms with van der Waals surface area (Å²) in [5.41, 5.74) is 3.95. The normalized spacial score (nSPS) is 15.1. The first-order chi connectivity index (χ1) is 4.57. The highest BCUT2D eigenvalue weighted by Gasteiger charge is 2.00. The Kier molecular flexibility index (Phi) is 4.47. The van der Waals surface area contributed by atoms with Gasteiger partial charge in [-0.3, -0.25) is 0 Å². The highest BCUT2D eigenvalue weighted by molar-refractivity contribution is 7.98. The van der Waals surface area contributed by atoms with E-state index in [2.05, 4.69) is 10.7 Å². The summed E-state index contributed by atoms with van der Waals surface area (Å²) in [6.07, 6.45) is 2.00. The lowest BCUT2D eigenvalue weighted by molar-refractivity contribution is -0.382. The topological polar surface area (TPSA) is 43.2 Å². The van der Waals surface area contributed by atoms with Crippen molar-refractivity contribution in [2.24, 2.45) is 4.99 Å². The summed E-state index contributed by atoms with van der Waals surface area (Å²) in [6.45, 7) is 1.98. The maximum atomic E-state index is 4.29. The van der Waals surface area contributed by atoms with E-state index in [4.69, 9.17) is 0 Å². The minimum Gasteiger partial charge on any atom is -0.366 e. The quantitative estimate of drug-likeness (QED) is 0.349. The average molecular weight is 162 g/mol. The standard InChI is InChI=1S/C6H15N3S/c1-5(9(2)3)8-6(7)10-4/h6H,7H2,1-4H3/p+1/b8-5+. The Morgan fingerprint density at radius 2 is 2.10 bits per heavy atom. The minimum absolute atomic E-state index is 0.127. The molecule has 0 aromatic heterocycles. The molecule has 0 radical (unpaired) electrons. The zero-order chi connectivity index (χ0) is 8.15. The van der Waals surface area contributed by atoms with Crippen molar-refractivity contribution in [1.82, 2.24) is 4.90 Å². The summed E-state index contributed by atoms with van der Waals surface area (Å²) in [6, 6.07) is 0. The monoisotopic (exact) mass is 162 g/mol. The van der Waals surface area contributed by atoms with E-state index >= 15 is 0 Å². The molecular weight excluding hydrogens is 146 g/mol. The van der Waals surface area contributed by atoms with Crippen molar-refractivity contribution in [2.45, 2.75) is 12.4 Å². The molecule has 0 aliphatic carbocycles. The van der Waals surface area contributed by atoms with E-state index in [0.29, 0.717) is 0 Å². The third-order valence-corrected chi connectivity index (χ3v) is 1.90. The van der Waals surface area contributed by atoms with Crippen LogP contribution in [0.1, 0.15) is 6.92 Å². The molecule has 60 valence electrons. The van der Waals surface area contributed by atoms with Gasteiger partial charge >= 0.3 is 0 Å². The molecule has 0 bridgehead atoms. The third kappa shape index (κ3) is 3.74. The number of rotatable bonds is 2. The minimum atomic E-state index is 0.127. The van der Waals surface area contributed by atoms with E-state index in [9.17, 15) is 0 Å². The van der Waals surface area contributed by atoms with Crippen LogP contribution in [0.15, 0.2) is 4.99 Å². The molecule has 0 rings (SSSR count). The number of hydrogen-bond donors (Lipinski definition) is 1. The van der Waals surface area contributed by atoms with Crippen LogP contribution < -0.4 is 5.73 Å². The molecule has 0 aromatic carbocycles. The molecule has 1 atom stereocenters. The molecule has 0 spiro atoms. The van der Waals surface area contributed by atoms with E-state index in [0.717, 1.165) is 5.84 Å². The van der Waals surface area contributed by atoms with Gasteiger partial charge in [-0.25, -0.2) is 4.99 Å².